The molecule has 0 aliphatic carbocycles. The molecule has 2 amide bonds. The summed E-state index contributed by atoms with van der Waals surface area (Å²) >= 11 is 3.06. The number of amides is 2. The van der Waals surface area contributed by atoms with Gasteiger partial charge in [0.05, 0.1) is 17.8 Å². The highest BCUT2D eigenvalue weighted by molar-refractivity contribution is 9.10. The van der Waals surface area contributed by atoms with E-state index in [1.807, 2.05) is 6.92 Å². The average molecular weight is 476 g/mol. The van der Waals surface area contributed by atoms with Crippen LogP contribution in [0.2, 0.25) is 0 Å². The fraction of sp³-hybridized carbons (Fsp3) is 0.222. The molecule has 2 N–H and O–H groups in total. The lowest BCUT2D eigenvalue weighted by Gasteiger charge is -2.09. The molecule has 30 heavy (non-hydrogen) atoms. The molecule has 11 nitrogen and oxygen atoms in total. The zero-order chi connectivity index (χ0) is 21.7. The van der Waals surface area contributed by atoms with Gasteiger partial charge in [-0.05, 0) is 52.0 Å². The van der Waals surface area contributed by atoms with Crippen molar-refractivity contribution in [3.05, 3.63) is 63.0 Å². The molecule has 0 bridgehead atoms. The molecule has 0 unspecified atom stereocenters. The van der Waals surface area contributed by atoms with Crippen LogP contribution < -0.4 is 10.6 Å². The lowest BCUT2D eigenvalue weighted by atomic mass is 10.2. The first-order valence-electron chi connectivity index (χ1n) is 8.97. The fourth-order valence-electron chi connectivity index (χ4n) is 2.71. The Labute approximate surface area is 179 Å². The van der Waals surface area contributed by atoms with E-state index in [0.717, 1.165) is 0 Å². The van der Waals surface area contributed by atoms with E-state index >= 15 is 0 Å². The van der Waals surface area contributed by atoms with Gasteiger partial charge in [0, 0.05) is 30.5 Å². The quantitative estimate of drug-likeness (QED) is 0.379. The Morgan fingerprint density at radius 2 is 1.97 bits per heavy atom. The van der Waals surface area contributed by atoms with Crippen molar-refractivity contribution >= 4 is 44.9 Å². The number of benzene rings is 1. The lowest BCUT2D eigenvalue weighted by molar-refractivity contribution is -0.390. The summed E-state index contributed by atoms with van der Waals surface area (Å²) in [4.78, 5) is 34.8. The highest BCUT2D eigenvalue weighted by Gasteiger charge is 2.19. The van der Waals surface area contributed by atoms with Crippen LogP contribution in [-0.2, 0) is 17.9 Å². The minimum atomic E-state index is -0.603. The Morgan fingerprint density at radius 1 is 1.23 bits per heavy atom. The van der Waals surface area contributed by atoms with Gasteiger partial charge in [0.1, 0.15) is 10.2 Å². The summed E-state index contributed by atoms with van der Waals surface area (Å²) in [6, 6.07) is 8.37. The van der Waals surface area contributed by atoms with Gasteiger partial charge in [-0.25, -0.2) is 0 Å². The number of nitro groups is 1. The molecule has 0 atom stereocenters. The molecule has 12 heteroatoms. The van der Waals surface area contributed by atoms with Crippen molar-refractivity contribution in [1.82, 2.24) is 19.6 Å². The Balaban J connectivity index is 1.58. The zero-order valence-electron chi connectivity index (χ0n) is 15.9. The van der Waals surface area contributed by atoms with E-state index in [9.17, 15) is 19.7 Å². The summed E-state index contributed by atoms with van der Waals surface area (Å²) in [5.74, 6) is -0.899. The predicted octanol–water partition coefficient (Wildman–Crippen LogP) is 3.05. The van der Waals surface area contributed by atoms with Crippen LogP contribution in [0.3, 0.4) is 0 Å². The van der Waals surface area contributed by atoms with Crippen molar-refractivity contribution in [2.24, 2.45) is 0 Å². The normalized spacial score (nSPS) is 10.6. The average Bonchev–Trinajstić information content (AvgIpc) is 3.33. The summed E-state index contributed by atoms with van der Waals surface area (Å²) < 4.78 is 3.16. The molecule has 3 rings (SSSR count). The molecule has 0 aliphatic heterocycles. The van der Waals surface area contributed by atoms with E-state index in [0.29, 0.717) is 23.6 Å². The highest BCUT2D eigenvalue weighted by Crippen LogP contribution is 2.22. The third kappa shape index (κ3) is 5.08. The third-order valence-corrected chi connectivity index (χ3v) is 4.65. The Kier molecular flexibility index (Phi) is 6.57. The number of carbonyl (C=O) groups is 2. The van der Waals surface area contributed by atoms with Crippen LogP contribution in [-0.4, -0.2) is 36.3 Å². The van der Waals surface area contributed by atoms with E-state index in [-0.39, 0.29) is 35.1 Å². The van der Waals surface area contributed by atoms with E-state index in [1.54, 1.807) is 41.2 Å². The van der Waals surface area contributed by atoms with Crippen LogP contribution in [0.4, 0.5) is 17.2 Å². The molecule has 0 saturated carbocycles. The summed E-state index contributed by atoms with van der Waals surface area (Å²) in [6.07, 6.45) is 3.07. The van der Waals surface area contributed by atoms with Crippen molar-refractivity contribution < 1.29 is 14.5 Å². The molecule has 0 saturated heterocycles. The maximum Gasteiger partial charge on any atom is 0.404 e. The second-order valence-electron chi connectivity index (χ2n) is 6.19. The van der Waals surface area contributed by atoms with Crippen molar-refractivity contribution in [3.8, 4) is 0 Å². The molecular formula is C18H18BrN7O4. The molecular weight excluding hydrogens is 458 g/mol. The Morgan fingerprint density at radius 3 is 2.63 bits per heavy atom. The monoisotopic (exact) mass is 475 g/mol. The van der Waals surface area contributed by atoms with E-state index in [4.69, 9.17) is 0 Å². The first kappa shape index (κ1) is 21.2. The van der Waals surface area contributed by atoms with Gasteiger partial charge < -0.3 is 20.7 Å². The van der Waals surface area contributed by atoms with Gasteiger partial charge in [0.25, 0.3) is 5.91 Å². The number of anilines is 2. The molecule has 0 aliphatic rings. The van der Waals surface area contributed by atoms with Crippen molar-refractivity contribution in [2.45, 2.75) is 26.4 Å². The number of nitrogens with one attached hydrogen (secondary N) is 2. The topological polar surface area (TPSA) is 137 Å². The van der Waals surface area contributed by atoms with Gasteiger partial charge in [0.15, 0.2) is 0 Å². The van der Waals surface area contributed by atoms with Gasteiger partial charge in [-0.2, -0.15) is 9.78 Å². The standard InChI is InChI=1S/C18H18BrN7O4/c1-2-25-15(6-8-20-25)18(28)22-13-5-3-4-12(10-13)21-16(27)7-9-24-11-14(19)17(23-24)26(29)30/h3-6,8,10-11H,2,7,9H2,1H3,(H,21,27)(H,22,28). The van der Waals surface area contributed by atoms with Crippen molar-refractivity contribution in [2.75, 3.05) is 10.6 Å². The molecule has 0 fully saturated rings. The first-order chi connectivity index (χ1) is 14.4. The van der Waals surface area contributed by atoms with Crippen LogP contribution in [0, 0.1) is 10.1 Å². The summed E-state index contributed by atoms with van der Waals surface area (Å²) in [7, 11) is 0. The number of hydrogen-bond acceptors (Lipinski definition) is 6. The van der Waals surface area contributed by atoms with Crippen molar-refractivity contribution in [3.63, 3.8) is 0 Å². The zero-order valence-corrected chi connectivity index (χ0v) is 17.5. The second-order valence-corrected chi connectivity index (χ2v) is 7.04. The van der Waals surface area contributed by atoms with Gasteiger partial charge in [-0.1, -0.05) is 6.07 Å². The maximum atomic E-state index is 12.4. The maximum absolute atomic E-state index is 12.4. The SMILES string of the molecule is CCn1nccc1C(=O)Nc1cccc(NC(=O)CCn2cc(Br)c([N+](=O)[O-])n2)c1. The van der Waals surface area contributed by atoms with E-state index in [1.165, 1.54) is 10.9 Å². The number of rotatable bonds is 8. The van der Waals surface area contributed by atoms with Gasteiger partial charge in [0.2, 0.25) is 5.91 Å². The van der Waals surface area contributed by atoms with Crippen LogP contribution in [0.5, 0.6) is 0 Å². The largest absolute Gasteiger partial charge is 0.404 e. The summed E-state index contributed by atoms with van der Waals surface area (Å²) in [5, 5.41) is 24.2. The Hall–Kier alpha value is -3.54. The number of halogens is 1. The first-order valence-corrected chi connectivity index (χ1v) is 9.77. The summed E-state index contributed by atoms with van der Waals surface area (Å²) in [5.41, 5.74) is 1.47. The number of nitrogens with zero attached hydrogens (tertiary/aromatic N) is 5. The van der Waals surface area contributed by atoms with E-state index < -0.39 is 4.92 Å². The van der Waals surface area contributed by atoms with Gasteiger partial charge in [-0.3, -0.25) is 14.3 Å². The number of aryl methyl sites for hydroxylation is 2. The fourth-order valence-corrected chi connectivity index (χ4v) is 3.17. The van der Waals surface area contributed by atoms with Crippen LogP contribution >= 0.6 is 15.9 Å². The van der Waals surface area contributed by atoms with Crippen LogP contribution in [0.15, 0.2) is 47.2 Å². The predicted molar refractivity (Wildman–Crippen MR) is 112 cm³/mol. The molecule has 0 spiro atoms. The highest BCUT2D eigenvalue weighted by atomic mass is 79.9. The number of hydrogen-bond donors (Lipinski definition) is 2. The number of carbonyl (C=O) groups excluding carboxylic acids is 2. The Bertz CT molecular complexity index is 1090. The minimum absolute atomic E-state index is 0.0670. The molecule has 156 valence electrons. The molecule has 0 radical (unpaired) electrons. The summed E-state index contributed by atoms with van der Waals surface area (Å²) in [6.45, 7) is 2.64. The molecule has 3 aromatic rings. The van der Waals surface area contributed by atoms with Crippen LogP contribution in [0.25, 0.3) is 0 Å². The van der Waals surface area contributed by atoms with Gasteiger partial charge >= 0.3 is 5.82 Å². The van der Waals surface area contributed by atoms with Crippen molar-refractivity contribution in [1.29, 1.82) is 0 Å². The smallest absolute Gasteiger partial charge is 0.358 e. The third-order valence-electron chi connectivity index (χ3n) is 4.09. The van der Waals surface area contributed by atoms with Crippen LogP contribution in [0.1, 0.15) is 23.8 Å². The minimum Gasteiger partial charge on any atom is -0.358 e. The molecule has 2 aromatic heterocycles. The molecule has 2 heterocycles. The second kappa shape index (κ2) is 9.31. The molecule has 1 aromatic carbocycles. The van der Waals surface area contributed by atoms with E-state index in [2.05, 4.69) is 36.8 Å². The number of aromatic nitrogens is 4. The van der Waals surface area contributed by atoms with Gasteiger partial charge in [-0.15, -0.1) is 0 Å². The lowest BCUT2D eigenvalue weighted by Crippen LogP contribution is -2.18.